The third-order valence-electron chi connectivity index (χ3n) is 5.87. The van der Waals surface area contributed by atoms with Crippen LogP contribution in [0.4, 0.5) is 0 Å². The van der Waals surface area contributed by atoms with E-state index in [1.165, 1.54) is 12.1 Å². The molecule has 1 N–H and O–H groups in total. The molecule has 0 aliphatic carbocycles. The molecule has 1 aliphatic rings. The number of fused-ring (bicyclic) bond motifs is 1. The van der Waals surface area contributed by atoms with Crippen LogP contribution in [0, 0.1) is 13.8 Å². The molecule has 1 heterocycles. The monoisotopic (exact) mass is 472 g/mol. The molecule has 0 bridgehead atoms. The van der Waals surface area contributed by atoms with E-state index in [9.17, 15) is 18.0 Å². The highest BCUT2D eigenvalue weighted by Gasteiger charge is 2.34. The second-order valence-electron chi connectivity index (χ2n) is 8.19. The average molecular weight is 473 g/mol. The SMILES string of the molecule is CCc1c(C)c2c(c(OS(=O)(=O)c3ccc(C)cc3)c1CC=C(C)CCC(=O)O)C(=O)OC2. The number of hydrogen-bond donors (Lipinski definition) is 1. The van der Waals surface area contributed by atoms with Gasteiger partial charge in [0.1, 0.15) is 17.1 Å². The minimum Gasteiger partial charge on any atom is -0.481 e. The van der Waals surface area contributed by atoms with Crippen molar-refractivity contribution in [3.63, 3.8) is 0 Å². The van der Waals surface area contributed by atoms with E-state index >= 15 is 0 Å². The molecule has 8 heteroatoms. The normalized spacial score (nSPS) is 13.6. The smallest absolute Gasteiger partial charge is 0.342 e. The molecule has 176 valence electrons. The summed E-state index contributed by atoms with van der Waals surface area (Å²) in [5.41, 5.74) is 4.91. The molecule has 1 aliphatic heterocycles. The summed E-state index contributed by atoms with van der Waals surface area (Å²) in [5, 5.41) is 8.93. The number of aliphatic carboxylic acids is 1. The van der Waals surface area contributed by atoms with Gasteiger partial charge in [0, 0.05) is 17.5 Å². The number of carbonyl (C=O) groups is 2. The van der Waals surface area contributed by atoms with Crippen molar-refractivity contribution in [2.24, 2.45) is 0 Å². The fourth-order valence-electron chi connectivity index (χ4n) is 3.96. The molecule has 0 atom stereocenters. The van der Waals surface area contributed by atoms with Gasteiger partial charge in [-0.3, -0.25) is 4.79 Å². The van der Waals surface area contributed by atoms with Crippen LogP contribution in [-0.4, -0.2) is 25.5 Å². The Morgan fingerprint density at radius 1 is 1.15 bits per heavy atom. The third-order valence-corrected chi connectivity index (χ3v) is 7.10. The van der Waals surface area contributed by atoms with Crippen molar-refractivity contribution in [2.45, 2.75) is 64.9 Å². The summed E-state index contributed by atoms with van der Waals surface area (Å²) in [7, 11) is -4.20. The Labute approximate surface area is 194 Å². The molecule has 0 aromatic heterocycles. The van der Waals surface area contributed by atoms with Gasteiger partial charge >= 0.3 is 22.1 Å². The van der Waals surface area contributed by atoms with Crippen molar-refractivity contribution in [1.82, 2.24) is 0 Å². The fourth-order valence-corrected chi connectivity index (χ4v) is 4.93. The van der Waals surface area contributed by atoms with Gasteiger partial charge in [-0.15, -0.1) is 0 Å². The maximum atomic E-state index is 13.1. The lowest BCUT2D eigenvalue weighted by Crippen LogP contribution is -2.16. The first kappa shape index (κ1) is 24.5. The van der Waals surface area contributed by atoms with E-state index in [2.05, 4.69) is 0 Å². The van der Waals surface area contributed by atoms with E-state index in [0.717, 1.165) is 22.3 Å². The minimum absolute atomic E-state index is 0.00203. The topological polar surface area (TPSA) is 107 Å². The van der Waals surface area contributed by atoms with Crippen LogP contribution < -0.4 is 4.18 Å². The van der Waals surface area contributed by atoms with Crippen molar-refractivity contribution in [3.05, 3.63) is 69.3 Å². The van der Waals surface area contributed by atoms with Crippen LogP contribution in [-0.2, 0) is 39.1 Å². The Bertz CT molecular complexity index is 1220. The predicted octanol–water partition coefficient (Wildman–Crippen LogP) is 4.66. The molecule has 0 radical (unpaired) electrons. The lowest BCUT2D eigenvalue weighted by atomic mass is 9.89. The Morgan fingerprint density at radius 2 is 1.82 bits per heavy atom. The zero-order chi connectivity index (χ0) is 24.3. The largest absolute Gasteiger partial charge is 0.481 e. The van der Waals surface area contributed by atoms with Crippen LogP contribution in [0.1, 0.15) is 64.9 Å². The highest BCUT2D eigenvalue weighted by atomic mass is 32.2. The molecular formula is C25H28O7S. The number of hydrogen-bond acceptors (Lipinski definition) is 6. The van der Waals surface area contributed by atoms with Gasteiger partial charge in [0.15, 0.2) is 5.75 Å². The van der Waals surface area contributed by atoms with Crippen LogP contribution in [0.25, 0.3) is 0 Å². The molecule has 0 fully saturated rings. The maximum absolute atomic E-state index is 13.1. The molecule has 2 aromatic carbocycles. The Balaban J connectivity index is 2.13. The summed E-state index contributed by atoms with van der Waals surface area (Å²) in [6, 6.07) is 6.29. The van der Waals surface area contributed by atoms with Crippen LogP contribution >= 0.6 is 0 Å². The predicted molar refractivity (Wildman–Crippen MR) is 123 cm³/mol. The summed E-state index contributed by atoms with van der Waals surface area (Å²) in [5.74, 6) is -1.50. The zero-order valence-corrected chi connectivity index (χ0v) is 20.0. The number of allylic oxidation sites excluding steroid dienone is 2. The number of carbonyl (C=O) groups excluding carboxylic acids is 1. The van der Waals surface area contributed by atoms with Crippen LogP contribution in [0.2, 0.25) is 0 Å². The highest BCUT2D eigenvalue weighted by Crippen LogP contribution is 2.40. The Kier molecular flexibility index (Phi) is 7.27. The van der Waals surface area contributed by atoms with Gasteiger partial charge in [0.25, 0.3) is 0 Å². The van der Waals surface area contributed by atoms with Gasteiger partial charge in [-0.1, -0.05) is 36.3 Å². The van der Waals surface area contributed by atoms with E-state index in [1.54, 1.807) is 12.1 Å². The number of benzene rings is 2. The summed E-state index contributed by atoms with van der Waals surface area (Å²) >= 11 is 0. The van der Waals surface area contributed by atoms with E-state index in [-0.39, 0.29) is 29.2 Å². The molecule has 0 saturated carbocycles. The lowest BCUT2D eigenvalue weighted by Gasteiger charge is -2.19. The van der Waals surface area contributed by atoms with Gasteiger partial charge < -0.3 is 14.0 Å². The molecule has 0 spiro atoms. The van der Waals surface area contributed by atoms with E-state index in [1.807, 2.05) is 33.8 Å². The molecule has 0 saturated heterocycles. The summed E-state index contributed by atoms with van der Waals surface area (Å²) in [6.45, 7) is 7.59. The van der Waals surface area contributed by atoms with Crippen molar-refractivity contribution in [1.29, 1.82) is 0 Å². The van der Waals surface area contributed by atoms with Gasteiger partial charge in [-0.05, 0) is 63.3 Å². The van der Waals surface area contributed by atoms with Gasteiger partial charge in [-0.2, -0.15) is 8.42 Å². The molecular weight excluding hydrogens is 444 g/mol. The van der Waals surface area contributed by atoms with Crippen molar-refractivity contribution in [2.75, 3.05) is 0 Å². The standard InChI is InChI=1S/C25H28O7S/c1-5-19-17(4)21-14-31-25(28)23(21)24(20(19)12-8-16(3)9-13-22(26)27)32-33(29,30)18-10-6-15(2)7-11-18/h6-8,10-11H,5,9,12-14H2,1-4H3,(H,26,27). The van der Waals surface area contributed by atoms with Crippen LogP contribution in [0.5, 0.6) is 5.75 Å². The maximum Gasteiger partial charge on any atom is 0.342 e. The van der Waals surface area contributed by atoms with E-state index in [0.29, 0.717) is 30.4 Å². The summed E-state index contributed by atoms with van der Waals surface area (Å²) in [4.78, 5) is 23.5. The van der Waals surface area contributed by atoms with Crippen molar-refractivity contribution < 1.29 is 32.0 Å². The van der Waals surface area contributed by atoms with Crippen molar-refractivity contribution in [3.8, 4) is 5.75 Å². The number of rotatable bonds is 9. The second-order valence-corrected chi connectivity index (χ2v) is 9.74. The average Bonchev–Trinajstić information content (AvgIpc) is 3.15. The van der Waals surface area contributed by atoms with Gasteiger partial charge in [-0.25, -0.2) is 4.79 Å². The Morgan fingerprint density at radius 3 is 2.42 bits per heavy atom. The molecule has 0 unspecified atom stereocenters. The first-order valence-corrected chi connectivity index (χ1v) is 12.2. The molecule has 0 amide bonds. The molecule has 33 heavy (non-hydrogen) atoms. The first-order valence-electron chi connectivity index (χ1n) is 10.8. The second kappa shape index (κ2) is 9.79. The van der Waals surface area contributed by atoms with Crippen molar-refractivity contribution >= 4 is 22.1 Å². The van der Waals surface area contributed by atoms with E-state index < -0.39 is 22.1 Å². The molecule has 7 nitrogen and oxygen atoms in total. The fraction of sp³-hybridized carbons (Fsp3) is 0.360. The summed E-state index contributed by atoms with van der Waals surface area (Å²) < 4.78 is 37.1. The first-order chi connectivity index (χ1) is 15.5. The van der Waals surface area contributed by atoms with Gasteiger partial charge in [0.2, 0.25) is 0 Å². The van der Waals surface area contributed by atoms with Crippen LogP contribution in [0.3, 0.4) is 0 Å². The highest BCUT2D eigenvalue weighted by molar-refractivity contribution is 7.87. The van der Waals surface area contributed by atoms with E-state index in [4.69, 9.17) is 14.0 Å². The third kappa shape index (κ3) is 5.27. The van der Waals surface area contributed by atoms with Gasteiger partial charge in [0.05, 0.1) is 0 Å². The number of ether oxygens (including phenoxy) is 1. The number of aryl methyl sites for hydroxylation is 1. The quantitative estimate of drug-likeness (QED) is 0.321. The molecule has 3 rings (SSSR count). The summed E-state index contributed by atoms with van der Waals surface area (Å²) in [6.07, 6.45) is 3.14. The Hall–Kier alpha value is -3.13. The zero-order valence-electron chi connectivity index (χ0n) is 19.2. The number of esters is 1. The number of cyclic esters (lactones) is 1. The minimum atomic E-state index is -4.20. The number of carboxylic acid groups (broad SMARTS) is 1. The number of carboxylic acids is 1. The lowest BCUT2D eigenvalue weighted by molar-refractivity contribution is -0.136. The van der Waals surface area contributed by atoms with Crippen LogP contribution in [0.15, 0.2) is 40.8 Å². The molecule has 2 aromatic rings.